The number of fused-ring (bicyclic) bond motifs is 1. The fourth-order valence-corrected chi connectivity index (χ4v) is 5.31. The van der Waals surface area contributed by atoms with E-state index in [1.807, 2.05) is 6.92 Å². The number of hydrogen-bond acceptors (Lipinski definition) is 6. The average Bonchev–Trinajstić information content (AvgIpc) is 3.05. The zero-order chi connectivity index (χ0) is 20.3. The first kappa shape index (κ1) is 20.8. The topological polar surface area (TPSA) is 102 Å². The molecule has 2 heterocycles. The number of carbonyl (C=O) groups excluding carboxylic acids is 3. The summed E-state index contributed by atoms with van der Waals surface area (Å²) < 4.78 is 5.25. The highest BCUT2D eigenvalue weighted by Gasteiger charge is 2.31. The van der Waals surface area contributed by atoms with Crippen LogP contribution in [0.5, 0.6) is 0 Å². The Morgan fingerprint density at radius 2 is 1.93 bits per heavy atom. The normalized spacial score (nSPS) is 18.9. The van der Waals surface area contributed by atoms with Gasteiger partial charge in [-0.2, -0.15) is 0 Å². The molecule has 3 rings (SSSR count). The molecular formula is C20H29N3O4S. The summed E-state index contributed by atoms with van der Waals surface area (Å²) in [4.78, 5) is 40.0. The van der Waals surface area contributed by atoms with E-state index in [1.54, 1.807) is 6.92 Å². The van der Waals surface area contributed by atoms with Crippen LogP contribution in [0.15, 0.2) is 0 Å². The molecule has 7 nitrogen and oxygen atoms in total. The Hall–Kier alpha value is -1.93. The maximum atomic E-state index is 12.9. The van der Waals surface area contributed by atoms with Gasteiger partial charge in [0.1, 0.15) is 5.00 Å². The predicted octanol–water partition coefficient (Wildman–Crippen LogP) is 2.33. The lowest BCUT2D eigenvalue weighted by Gasteiger charge is -2.34. The minimum Gasteiger partial charge on any atom is -0.462 e. The monoisotopic (exact) mass is 407 g/mol. The molecule has 154 valence electrons. The number of amides is 2. The summed E-state index contributed by atoms with van der Waals surface area (Å²) in [7, 11) is 0. The zero-order valence-electron chi connectivity index (χ0n) is 16.6. The largest absolute Gasteiger partial charge is 0.462 e. The van der Waals surface area contributed by atoms with Crippen molar-refractivity contribution in [1.29, 1.82) is 0 Å². The second-order valence-electron chi connectivity index (χ2n) is 7.51. The average molecular weight is 408 g/mol. The highest BCUT2D eigenvalue weighted by molar-refractivity contribution is 7.17. The van der Waals surface area contributed by atoms with Crippen LogP contribution in [0.1, 0.15) is 60.3 Å². The van der Waals surface area contributed by atoms with Crippen molar-refractivity contribution in [2.75, 3.05) is 25.0 Å². The maximum Gasteiger partial charge on any atom is 0.341 e. The number of piperidine rings is 1. The second kappa shape index (κ2) is 9.05. The lowest BCUT2D eigenvalue weighted by atomic mass is 9.95. The van der Waals surface area contributed by atoms with Crippen LogP contribution in [-0.4, -0.2) is 48.4 Å². The van der Waals surface area contributed by atoms with E-state index in [0.717, 1.165) is 31.2 Å². The number of nitrogens with zero attached hydrogens (tertiary/aromatic N) is 1. The molecule has 1 aromatic heterocycles. The van der Waals surface area contributed by atoms with Crippen molar-refractivity contribution in [2.24, 2.45) is 11.7 Å². The molecule has 0 saturated carbocycles. The highest BCUT2D eigenvalue weighted by atomic mass is 32.1. The fourth-order valence-electron chi connectivity index (χ4n) is 4.03. The van der Waals surface area contributed by atoms with Crippen molar-refractivity contribution in [1.82, 2.24) is 4.90 Å². The van der Waals surface area contributed by atoms with E-state index in [4.69, 9.17) is 10.5 Å². The quantitative estimate of drug-likeness (QED) is 0.705. The van der Waals surface area contributed by atoms with Crippen molar-refractivity contribution < 1.29 is 19.1 Å². The predicted molar refractivity (Wildman–Crippen MR) is 109 cm³/mol. The molecule has 28 heavy (non-hydrogen) atoms. The summed E-state index contributed by atoms with van der Waals surface area (Å²) in [6.45, 7) is 5.27. The summed E-state index contributed by atoms with van der Waals surface area (Å²) in [5.41, 5.74) is 6.97. The van der Waals surface area contributed by atoms with E-state index >= 15 is 0 Å². The number of thiophene rings is 1. The number of aryl methyl sites for hydroxylation is 1. The Morgan fingerprint density at radius 3 is 2.57 bits per heavy atom. The van der Waals surface area contributed by atoms with Crippen LogP contribution in [0.4, 0.5) is 5.00 Å². The van der Waals surface area contributed by atoms with Crippen LogP contribution in [0, 0.1) is 5.92 Å². The Labute approximate surface area is 169 Å². The van der Waals surface area contributed by atoms with Crippen LogP contribution in [0.25, 0.3) is 0 Å². The van der Waals surface area contributed by atoms with Gasteiger partial charge in [0.2, 0.25) is 11.8 Å². The number of ether oxygens (including phenoxy) is 1. The number of rotatable bonds is 6. The van der Waals surface area contributed by atoms with Crippen molar-refractivity contribution >= 4 is 34.1 Å². The van der Waals surface area contributed by atoms with Crippen LogP contribution in [0.3, 0.4) is 0 Å². The first-order valence-electron chi connectivity index (χ1n) is 10.1. The zero-order valence-corrected chi connectivity index (χ0v) is 17.4. The first-order chi connectivity index (χ1) is 13.4. The van der Waals surface area contributed by atoms with E-state index in [-0.39, 0.29) is 29.7 Å². The number of esters is 1. The van der Waals surface area contributed by atoms with Gasteiger partial charge in [0.25, 0.3) is 0 Å². The van der Waals surface area contributed by atoms with E-state index in [0.29, 0.717) is 43.1 Å². The first-order valence-corrected chi connectivity index (χ1v) is 10.9. The van der Waals surface area contributed by atoms with E-state index in [1.165, 1.54) is 16.2 Å². The number of hydrogen-bond donors (Lipinski definition) is 2. The lowest BCUT2D eigenvalue weighted by Crippen LogP contribution is -2.47. The Bertz CT molecular complexity index is 753. The molecule has 1 aliphatic carbocycles. The Kier molecular flexibility index (Phi) is 6.72. The molecule has 0 bridgehead atoms. The number of nitrogens with one attached hydrogen (secondary N) is 1. The van der Waals surface area contributed by atoms with Gasteiger partial charge in [-0.15, -0.1) is 11.3 Å². The molecule has 1 atom stereocenters. The summed E-state index contributed by atoms with van der Waals surface area (Å²) in [6.07, 6.45) is 5.30. The van der Waals surface area contributed by atoms with Gasteiger partial charge in [0.15, 0.2) is 0 Å². The molecule has 1 aliphatic heterocycles. The maximum absolute atomic E-state index is 12.9. The van der Waals surface area contributed by atoms with Gasteiger partial charge >= 0.3 is 5.97 Å². The number of nitrogens with two attached hydrogens (primary N) is 1. The van der Waals surface area contributed by atoms with Crippen LogP contribution in [0.2, 0.25) is 0 Å². The van der Waals surface area contributed by atoms with Crippen LogP contribution >= 0.6 is 11.3 Å². The minimum atomic E-state index is -0.355. The molecule has 1 aromatic rings. The molecule has 8 heteroatoms. The fraction of sp³-hybridized carbons (Fsp3) is 0.650. The molecule has 3 N–H and O–H groups in total. The van der Waals surface area contributed by atoms with E-state index in [9.17, 15) is 14.4 Å². The van der Waals surface area contributed by atoms with Gasteiger partial charge < -0.3 is 15.8 Å². The van der Waals surface area contributed by atoms with Crippen LogP contribution < -0.4 is 11.1 Å². The SMILES string of the molecule is CCOC(=O)c1c(NC(=O)[C@@H](C)N2CCC(C(N)=O)CC2)sc2c1CCCC2. The Morgan fingerprint density at radius 1 is 1.25 bits per heavy atom. The van der Waals surface area contributed by atoms with Crippen molar-refractivity contribution in [3.8, 4) is 0 Å². The van der Waals surface area contributed by atoms with Crippen LogP contribution in [-0.2, 0) is 27.2 Å². The van der Waals surface area contributed by atoms with Gasteiger partial charge in [-0.3, -0.25) is 14.5 Å². The van der Waals surface area contributed by atoms with Crippen molar-refractivity contribution in [2.45, 2.75) is 58.4 Å². The molecule has 0 spiro atoms. The summed E-state index contributed by atoms with van der Waals surface area (Å²) in [6, 6.07) is -0.344. The number of likely N-dealkylation sites (tertiary alicyclic amines) is 1. The molecule has 0 unspecified atom stereocenters. The van der Waals surface area contributed by atoms with Gasteiger partial charge in [0, 0.05) is 10.8 Å². The smallest absolute Gasteiger partial charge is 0.341 e. The molecule has 1 fully saturated rings. The summed E-state index contributed by atoms with van der Waals surface area (Å²) >= 11 is 1.50. The van der Waals surface area contributed by atoms with Gasteiger partial charge in [-0.05, 0) is 71.0 Å². The second-order valence-corrected chi connectivity index (χ2v) is 8.62. The summed E-state index contributed by atoms with van der Waals surface area (Å²) in [5, 5.41) is 3.59. The van der Waals surface area contributed by atoms with Gasteiger partial charge in [-0.25, -0.2) is 4.79 Å². The third-order valence-corrected chi connectivity index (χ3v) is 6.95. The van der Waals surface area contributed by atoms with Crippen molar-refractivity contribution in [3.05, 3.63) is 16.0 Å². The lowest BCUT2D eigenvalue weighted by molar-refractivity contribution is -0.124. The van der Waals surface area contributed by atoms with Gasteiger partial charge in [0.05, 0.1) is 18.2 Å². The molecular weight excluding hydrogens is 378 g/mol. The van der Waals surface area contributed by atoms with Crippen molar-refractivity contribution in [3.63, 3.8) is 0 Å². The third kappa shape index (κ3) is 4.38. The highest BCUT2D eigenvalue weighted by Crippen LogP contribution is 2.38. The number of carbonyl (C=O) groups is 3. The minimum absolute atomic E-state index is 0.106. The number of anilines is 1. The molecule has 1 saturated heterocycles. The number of primary amides is 1. The van der Waals surface area contributed by atoms with E-state index in [2.05, 4.69) is 10.2 Å². The van der Waals surface area contributed by atoms with E-state index < -0.39 is 0 Å². The molecule has 0 radical (unpaired) electrons. The molecule has 0 aromatic carbocycles. The molecule has 2 amide bonds. The third-order valence-electron chi connectivity index (χ3n) is 5.75. The standard InChI is InChI=1S/C20H29N3O4S/c1-3-27-20(26)16-14-6-4-5-7-15(14)28-19(16)22-18(25)12(2)23-10-8-13(9-11-23)17(21)24/h12-13H,3-11H2,1-2H3,(H2,21,24)(H,22,25)/t12-/m1/s1. The van der Waals surface area contributed by atoms with Gasteiger partial charge in [-0.1, -0.05) is 0 Å². The molecule has 2 aliphatic rings. The summed E-state index contributed by atoms with van der Waals surface area (Å²) in [5.74, 6) is -0.861. The Balaban J connectivity index is 1.72.